The van der Waals surface area contributed by atoms with E-state index >= 15 is 0 Å². The normalized spacial score (nSPS) is 17.5. The predicted molar refractivity (Wildman–Crippen MR) is 67.5 cm³/mol. The lowest BCUT2D eigenvalue weighted by Gasteiger charge is -2.08. The Morgan fingerprint density at radius 3 is 2.58 bits per heavy atom. The summed E-state index contributed by atoms with van der Waals surface area (Å²) < 4.78 is 11.0. The number of nitrogens with one attached hydrogen (secondary N) is 1. The standard InChI is InChI=1S/C14H15NO4/c16-13(14(17)15-10-3-4-10)9-2-5-11-12(8-9)19-7-1-6-18-11/h2,5,8,10H,1,3-4,6-7H2,(H,15,17). The summed E-state index contributed by atoms with van der Waals surface area (Å²) in [6.07, 6.45) is 2.72. The summed E-state index contributed by atoms with van der Waals surface area (Å²) in [5, 5.41) is 2.68. The molecule has 100 valence electrons. The first-order valence-electron chi connectivity index (χ1n) is 6.49. The van der Waals surface area contributed by atoms with Crippen molar-refractivity contribution in [2.45, 2.75) is 25.3 Å². The molecular formula is C14H15NO4. The van der Waals surface area contributed by atoms with Crippen LogP contribution in [-0.4, -0.2) is 30.9 Å². The smallest absolute Gasteiger partial charge is 0.292 e. The summed E-state index contributed by atoms with van der Waals surface area (Å²) in [4.78, 5) is 23.7. The van der Waals surface area contributed by atoms with Gasteiger partial charge in [0, 0.05) is 18.0 Å². The zero-order chi connectivity index (χ0) is 13.2. The lowest BCUT2D eigenvalue weighted by atomic mass is 10.1. The Balaban J connectivity index is 1.78. The second kappa shape index (κ2) is 4.91. The zero-order valence-corrected chi connectivity index (χ0v) is 10.5. The molecule has 0 unspecified atom stereocenters. The van der Waals surface area contributed by atoms with Gasteiger partial charge in [-0.25, -0.2) is 0 Å². The molecule has 1 heterocycles. The Bertz CT molecular complexity index is 522. The van der Waals surface area contributed by atoms with Gasteiger partial charge >= 0.3 is 0 Å². The molecule has 1 aliphatic carbocycles. The Morgan fingerprint density at radius 1 is 1.11 bits per heavy atom. The van der Waals surface area contributed by atoms with Crippen LogP contribution in [0.4, 0.5) is 0 Å². The number of hydrogen-bond acceptors (Lipinski definition) is 4. The molecule has 1 saturated carbocycles. The maximum atomic E-state index is 12.0. The highest BCUT2D eigenvalue weighted by Crippen LogP contribution is 2.30. The number of ketones is 1. The highest BCUT2D eigenvalue weighted by Gasteiger charge is 2.27. The molecule has 0 radical (unpaired) electrons. The third-order valence-electron chi connectivity index (χ3n) is 3.13. The Hall–Kier alpha value is -2.04. The third kappa shape index (κ3) is 2.70. The van der Waals surface area contributed by atoms with Crippen molar-refractivity contribution < 1.29 is 19.1 Å². The first-order chi connectivity index (χ1) is 9.24. The van der Waals surface area contributed by atoms with Gasteiger partial charge in [-0.2, -0.15) is 0 Å². The summed E-state index contributed by atoms with van der Waals surface area (Å²) in [5.41, 5.74) is 0.336. The van der Waals surface area contributed by atoms with E-state index in [1.807, 2.05) is 0 Å². The number of Topliss-reactive ketones (excluding diaryl/α,β-unsaturated/α-hetero) is 1. The summed E-state index contributed by atoms with van der Waals surface area (Å²) in [7, 11) is 0. The number of hydrogen-bond donors (Lipinski definition) is 1. The van der Waals surface area contributed by atoms with Crippen molar-refractivity contribution in [3.8, 4) is 11.5 Å². The molecule has 2 aliphatic rings. The van der Waals surface area contributed by atoms with Crippen LogP contribution in [0.15, 0.2) is 18.2 Å². The first-order valence-corrected chi connectivity index (χ1v) is 6.49. The van der Waals surface area contributed by atoms with Gasteiger partial charge in [0.25, 0.3) is 5.91 Å². The molecule has 5 heteroatoms. The van der Waals surface area contributed by atoms with Crippen LogP contribution in [0.2, 0.25) is 0 Å². The van der Waals surface area contributed by atoms with Crippen LogP contribution in [0.3, 0.4) is 0 Å². The van der Waals surface area contributed by atoms with Gasteiger partial charge in [0.2, 0.25) is 5.78 Å². The van der Waals surface area contributed by atoms with Crippen LogP contribution in [-0.2, 0) is 4.79 Å². The van der Waals surface area contributed by atoms with Gasteiger partial charge in [-0.1, -0.05) is 0 Å². The van der Waals surface area contributed by atoms with E-state index in [1.165, 1.54) is 0 Å². The molecule has 0 atom stereocenters. The van der Waals surface area contributed by atoms with Gasteiger partial charge in [-0.3, -0.25) is 9.59 Å². The molecule has 5 nitrogen and oxygen atoms in total. The monoisotopic (exact) mass is 261 g/mol. The van der Waals surface area contributed by atoms with E-state index < -0.39 is 11.7 Å². The van der Waals surface area contributed by atoms with Crippen LogP contribution < -0.4 is 14.8 Å². The minimum atomic E-state index is -0.544. The molecule has 1 aromatic rings. The summed E-state index contributed by atoms with van der Waals surface area (Å²) in [6, 6.07) is 5.03. The van der Waals surface area contributed by atoms with E-state index in [-0.39, 0.29) is 6.04 Å². The second-order valence-corrected chi connectivity index (χ2v) is 4.79. The molecule has 19 heavy (non-hydrogen) atoms. The molecule has 3 rings (SSSR count). The maximum Gasteiger partial charge on any atom is 0.292 e. The molecule has 1 aliphatic heterocycles. The number of carbonyl (C=O) groups excluding carboxylic acids is 2. The fourth-order valence-corrected chi connectivity index (χ4v) is 1.91. The van der Waals surface area contributed by atoms with E-state index in [4.69, 9.17) is 9.47 Å². The van der Waals surface area contributed by atoms with Crippen LogP contribution >= 0.6 is 0 Å². The van der Waals surface area contributed by atoms with E-state index in [1.54, 1.807) is 18.2 Å². The molecule has 0 aromatic heterocycles. The van der Waals surface area contributed by atoms with Crippen molar-refractivity contribution >= 4 is 11.7 Å². The minimum Gasteiger partial charge on any atom is -0.490 e. The summed E-state index contributed by atoms with van der Waals surface area (Å²) in [6.45, 7) is 1.15. The van der Waals surface area contributed by atoms with Crippen molar-refractivity contribution in [1.82, 2.24) is 5.32 Å². The van der Waals surface area contributed by atoms with Crippen molar-refractivity contribution in [3.63, 3.8) is 0 Å². The molecular weight excluding hydrogens is 246 g/mol. The van der Waals surface area contributed by atoms with E-state index in [2.05, 4.69) is 5.32 Å². The molecule has 1 fully saturated rings. The van der Waals surface area contributed by atoms with Crippen LogP contribution in [0.5, 0.6) is 11.5 Å². The van der Waals surface area contributed by atoms with Gasteiger partial charge < -0.3 is 14.8 Å². The molecule has 1 N–H and O–H groups in total. The average molecular weight is 261 g/mol. The number of carbonyl (C=O) groups is 2. The number of amides is 1. The molecule has 0 bridgehead atoms. The molecule has 0 spiro atoms. The number of ether oxygens (including phenoxy) is 2. The fourth-order valence-electron chi connectivity index (χ4n) is 1.91. The van der Waals surface area contributed by atoms with Gasteiger partial charge in [0.1, 0.15) is 0 Å². The predicted octanol–water partition coefficient (Wildman–Crippen LogP) is 1.31. The lowest BCUT2D eigenvalue weighted by molar-refractivity contribution is -0.117. The van der Waals surface area contributed by atoms with Gasteiger partial charge in [0.15, 0.2) is 11.5 Å². The van der Waals surface area contributed by atoms with Crippen molar-refractivity contribution in [2.75, 3.05) is 13.2 Å². The van der Waals surface area contributed by atoms with Crippen molar-refractivity contribution in [3.05, 3.63) is 23.8 Å². The average Bonchev–Trinajstić information content (AvgIpc) is 3.23. The van der Waals surface area contributed by atoms with Crippen LogP contribution in [0, 0.1) is 0 Å². The zero-order valence-electron chi connectivity index (χ0n) is 10.5. The Morgan fingerprint density at radius 2 is 1.84 bits per heavy atom. The summed E-state index contributed by atoms with van der Waals surface area (Å²) in [5.74, 6) is 0.0822. The number of benzene rings is 1. The Labute approximate surface area is 110 Å². The summed E-state index contributed by atoms with van der Waals surface area (Å²) >= 11 is 0. The van der Waals surface area contributed by atoms with E-state index in [0.717, 1.165) is 19.3 Å². The minimum absolute atomic E-state index is 0.178. The second-order valence-electron chi connectivity index (χ2n) is 4.79. The number of fused-ring (bicyclic) bond motifs is 1. The topological polar surface area (TPSA) is 64.6 Å². The van der Waals surface area contributed by atoms with Gasteiger partial charge in [-0.15, -0.1) is 0 Å². The van der Waals surface area contributed by atoms with Crippen molar-refractivity contribution in [1.29, 1.82) is 0 Å². The Kier molecular flexibility index (Phi) is 3.11. The highest BCUT2D eigenvalue weighted by molar-refractivity contribution is 6.43. The fraction of sp³-hybridized carbons (Fsp3) is 0.429. The lowest BCUT2D eigenvalue weighted by Crippen LogP contribution is -2.32. The van der Waals surface area contributed by atoms with Gasteiger partial charge in [0.05, 0.1) is 13.2 Å². The molecule has 1 amide bonds. The van der Waals surface area contributed by atoms with Crippen LogP contribution in [0.25, 0.3) is 0 Å². The van der Waals surface area contributed by atoms with Gasteiger partial charge in [-0.05, 0) is 31.0 Å². The highest BCUT2D eigenvalue weighted by atomic mass is 16.5. The van der Waals surface area contributed by atoms with E-state index in [9.17, 15) is 9.59 Å². The third-order valence-corrected chi connectivity index (χ3v) is 3.13. The van der Waals surface area contributed by atoms with E-state index in [0.29, 0.717) is 30.3 Å². The first kappa shape index (κ1) is 12.0. The largest absolute Gasteiger partial charge is 0.490 e. The molecule has 0 saturated heterocycles. The quantitative estimate of drug-likeness (QED) is 0.658. The number of rotatable bonds is 3. The molecule has 1 aromatic carbocycles. The maximum absolute atomic E-state index is 12.0. The van der Waals surface area contributed by atoms with Crippen molar-refractivity contribution in [2.24, 2.45) is 0 Å². The van der Waals surface area contributed by atoms with Crippen LogP contribution in [0.1, 0.15) is 29.6 Å². The SMILES string of the molecule is O=C(NC1CC1)C(=O)c1ccc2c(c1)OCCCO2.